The summed E-state index contributed by atoms with van der Waals surface area (Å²) in [5.41, 5.74) is 2.70. The molecule has 0 aliphatic carbocycles. The van der Waals surface area contributed by atoms with Gasteiger partial charge in [-0.25, -0.2) is 12.8 Å². The predicted molar refractivity (Wildman–Crippen MR) is 156 cm³/mol. The number of carbonyl (C=O) groups is 2. The van der Waals surface area contributed by atoms with Crippen molar-refractivity contribution < 1.29 is 22.4 Å². The third-order valence-electron chi connectivity index (χ3n) is 6.66. The Kier molecular flexibility index (Phi) is 10.8. The Labute approximate surface area is 237 Å². The fourth-order valence-corrected chi connectivity index (χ4v) is 5.77. The van der Waals surface area contributed by atoms with E-state index in [-0.39, 0.29) is 17.3 Å². The van der Waals surface area contributed by atoms with Crippen LogP contribution in [0.2, 0.25) is 0 Å². The first-order valence-corrected chi connectivity index (χ1v) is 15.0. The van der Waals surface area contributed by atoms with Crippen molar-refractivity contribution in [2.24, 2.45) is 0 Å². The highest BCUT2D eigenvalue weighted by atomic mass is 32.2. The molecule has 0 bridgehead atoms. The first-order valence-electron chi connectivity index (χ1n) is 13.5. The van der Waals surface area contributed by atoms with Crippen molar-refractivity contribution in [3.63, 3.8) is 0 Å². The summed E-state index contributed by atoms with van der Waals surface area (Å²) in [6.07, 6.45) is 2.02. The molecule has 0 aliphatic rings. The van der Waals surface area contributed by atoms with Gasteiger partial charge in [0, 0.05) is 13.1 Å². The molecule has 0 saturated carbocycles. The number of carbonyl (C=O) groups excluding carboxylic acids is 2. The van der Waals surface area contributed by atoms with Gasteiger partial charge >= 0.3 is 0 Å². The first-order chi connectivity index (χ1) is 19.1. The van der Waals surface area contributed by atoms with E-state index in [0.29, 0.717) is 24.2 Å². The van der Waals surface area contributed by atoms with Crippen LogP contribution in [0.4, 0.5) is 10.1 Å². The summed E-state index contributed by atoms with van der Waals surface area (Å²) in [7, 11) is -4.13. The van der Waals surface area contributed by atoms with Gasteiger partial charge in [-0.05, 0) is 74.2 Å². The first kappa shape index (κ1) is 30.8. The van der Waals surface area contributed by atoms with Gasteiger partial charge < -0.3 is 10.2 Å². The van der Waals surface area contributed by atoms with E-state index >= 15 is 0 Å². The van der Waals surface area contributed by atoms with E-state index in [2.05, 4.69) is 5.32 Å². The van der Waals surface area contributed by atoms with Crippen molar-refractivity contribution in [2.75, 3.05) is 17.4 Å². The Morgan fingerprint density at radius 2 is 1.60 bits per heavy atom. The SMILES string of the molecule is CCCCNC(=O)C(CC)N(Cc1ccc(F)cc1)C(=O)CN(c1cccc(C)c1)S(=O)(=O)c1ccc(C)cc1. The van der Waals surface area contributed by atoms with E-state index in [0.717, 1.165) is 28.3 Å². The van der Waals surface area contributed by atoms with Gasteiger partial charge in [-0.1, -0.05) is 62.2 Å². The van der Waals surface area contributed by atoms with E-state index in [1.807, 2.05) is 26.8 Å². The molecule has 0 aromatic heterocycles. The smallest absolute Gasteiger partial charge is 0.264 e. The van der Waals surface area contributed by atoms with Crippen LogP contribution in [0.1, 0.15) is 49.8 Å². The number of nitrogens with zero attached hydrogens (tertiary/aromatic N) is 2. The summed E-state index contributed by atoms with van der Waals surface area (Å²) in [5, 5.41) is 2.89. The molecule has 0 spiro atoms. The Hall–Kier alpha value is -3.72. The highest BCUT2D eigenvalue weighted by Gasteiger charge is 2.33. The predicted octanol–water partition coefficient (Wildman–Crippen LogP) is 5.36. The Morgan fingerprint density at radius 3 is 2.20 bits per heavy atom. The molecule has 0 heterocycles. The minimum atomic E-state index is -4.13. The largest absolute Gasteiger partial charge is 0.354 e. The van der Waals surface area contributed by atoms with Crippen molar-refractivity contribution in [1.29, 1.82) is 0 Å². The molecule has 7 nitrogen and oxygen atoms in total. The van der Waals surface area contributed by atoms with Crippen molar-refractivity contribution in [1.82, 2.24) is 10.2 Å². The van der Waals surface area contributed by atoms with Crippen molar-refractivity contribution in [3.05, 3.63) is 95.3 Å². The zero-order valence-corrected chi connectivity index (χ0v) is 24.4. The molecule has 0 radical (unpaired) electrons. The molecule has 40 heavy (non-hydrogen) atoms. The molecule has 214 valence electrons. The van der Waals surface area contributed by atoms with Gasteiger partial charge in [0.1, 0.15) is 18.4 Å². The van der Waals surface area contributed by atoms with Gasteiger partial charge in [0.15, 0.2) is 0 Å². The normalized spacial score (nSPS) is 12.0. The lowest BCUT2D eigenvalue weighted by Crippen LogP contribution is -2.52. The molecule has 1 unspecified atom stereocenters. The number of halogens is 1. The van der Waals surface area contributed by atoms with E-state index in [4.69, 9.17) is 0 Å². The zero-order valence-electron chi connectivity index (χ0n) is 23.6. The minimum absolute atomic E-state index is 0.0189. The van der Waals surface area contributed by atoms with Crippen LogP contribution in [-0.4, -0.2) is 44.3 Å². The lowest BCUT2D eigenvalue weighted by Gasteiger charge is -2.33. The molecule has 1 atom stereocenters. The molecule has 9 heteroatoms. The second kappa shape index (κ2) is 14.1. The lowest BCUT2D eigenvalue weighted by molar-refractivity contribution is -0.140. The second-order valence-corrected chi connectivity index (χ2v) is 11.7. The van der Waals surface area contributed by atoms with Gasteiger partial charge in [0.2, 0.25) is 11.8 Å². The summed E-state index contributed by atoms with van der Waals surface area (Å²) < 4.78 is 42.5. The number of benzene rings is 3. The van der Waals surface area contributed by atoms with Gasteiger partial charge in [-0.3, -0.25) is 13.9 Å². The molecular formula is C31H38FN3O4S. The van der Waals surface area contributed by atoms with Crippen molar-refractivity contribution >= 4 is 27.5 Å². The Balaban J connectivity index is 2.03. The third kappa shape index (κ3) is 7.91. The van der Waals surface area contributed by atoms with E-state index in [9.17, 15) is 22.4 Å². The van der Waals surface area contributed by atoms with E-state index in [1.165, 1.54) is 29.2 Å². The van der Waals surface area contributed by atoms with E-state index < -0.39 is 34.3 Å². The van der Waals surface area contributed by atoms with Crippen LogP contribution in [0.3, 0.4) is 0 Å². The molecule has 2 amide bonds. The van der Waals surface area contributed by atoms with Gasteiger partial charge in [-0.2, -0.15) is 0 Å². The number of anilines is 1. The average molecular weight is 568 g/mol. The van der Waals surface area contributed by atoms with Crippen molar-refractivity contribution in [2.45, 2.75) is 64.4 Å². The topological polar surface area (TPSA) is 86.8 Å². The van der Waals surface area contributed by atoms with Crippen LogP contribution < -0.4 is 9.62 Å². The maximum atomic E-state index is 14.0. The molecule has 0 saturated heterocycles. The summed E-state index contributed by atoms with van der Waals surface area (Å²) >= 11 is 0. The van der Waals surface area contributed by atoms with Crippen LogP contribution in [0.5, 0.6) is 0 Å². The Bertz CT molecular complexity index is 1390. The molecule has 0 aliphatic heterocycles. The number of nitrogens with one attached hydrogen (secondary N) is 1. The zero-order chi connectivity index (χ0) is 29.3. The summed E-state index contributed by atoms with van der Waals surface area (Å²) in [5.74, 6) is -1.27. The third-order valence-corrected chi connectivity index (χ3v) is 8.45. The van der Waals surface area contributed by atoms with Crippen molar-refractivity contribution in [3.8, 4) is 0 Å². The molecule has 3 aromatic carbocycles. The van der Waals surface area contributed by atoms with Gasteiger partial charge in [-0.15, -0.1) is 0 Å². The molecular weight excluding hydrogens is 529 g/mol. The van der Waals surface area contributed by atoms with Crippen LogP contribution in [0, 0.1) is 19.7 Å². The summed E-state index contributed by atoms with van der Waals surface area (Å²) in [4.78, 5) is 28.7. The number of amides is 2. The van der Waals surface area contributed by atoms with Crippen LogP contribution >= 0.6 is 0 Å². The van der Waals surface area contributed by atoms with Gasteiger partial charge in [0.25, 0.3) is 10.0 Å². The minimum Gasteiger partial charge on any atom is -0.354 e. The lowest BCUT2D eigenvalue weighted by atomic mass is 10.1. The maximum Gasteiger partial charge on any atom is 0.264 e. The summed E-state index contributed by atoms with van der Waals surface area (Å²) in [6, 6.07) is 18.2. The maximum absolute atomic E-state index is 14.0. The van der Waals surface area contributed by atoms with E-state index in [1.54, 1.807) is 49.4 Å². The summed E-state index contributed by atoms with van der Waals surface area (Å²) in [6.45, 7) is 7.50. The average Bonchev–Trinajstić information content (AvgIpc) is 2.93. The number of hydrogen-bond acceptors (Lipinski definition) is 4. The molecule has 1 N–H and O–H groups in total. The standard InChI is InChI=1S/C31H38FN3O4S/c1-5-7-19-33-31(37)29(6-2)34(21-25-13-15-26(32)16-14-25)30(36)22-35(27-10-8-9-24(4)20-27)40(38,39)28-17-11-23(3)12-18-28/h8-18,20,29H,5-7,19,21-22H2,1-4H3,(H,33,37). The van der Waals surface area contributed by atoms with Crippen LogP contribution in [0.25, 0.3) is 0 Å². The fraction of sp³-hybridized carbons (Fsp3) is 0.355. The van der Waals surface area contributed by atoms with Gasteiger partial charge in [0.05, 0.1) is 10.6 Å². The highest BCUT2D eigenvalue weighted by molar-refractivity contribution is 7.92. The fourth-order valence-electron chi connectivity index (χ4n) is 4.36. The second-order valence-electron chi connectivity index (χ2n) is 9.88. The molecule has 0 fully saturated rings. The quantitative estimate of drug-likeness (QED) is 0.282. The monoisotopic (exact) mass is 567 g/mol. The van der Waals surface area contributed by atoms with Crippen LogP contribution in [0.15, 0.2) is 77.7 Å². The number of aryl methyl sites for hydroxylation is 2. The number of sulfonamides is 1. The number of hydrogen-bond donors (Lipinski definition) is 1. The Morgan fingerprint density at radius 1 is 0.925 bits per heavy atom. The highest BCUT2D eigenvalue weighted by Crippen LogP contribution is 2.26. The molecule has 3 aromatic rings. The molecule has 3 rings (SSSR count). The van der Waals surface area contributed by atoms with Crippen LogP contribution in [-0.2, 0) is 26.2 Å². The number of unbranched alkanes of at least 4 members (excludes halogenated alkanes) is 1. The number of rotatable bonds is 13.